The first-order valence-electron chi connectivity index (χ1n) is 8.70. The Hall–Kier alpha value is -2.91. The van der Waals surface area contributed by atoms with Crippen LogP contribution in [0.2, 0.25) is 0 Å². The molecule has 0 bridgehead atoms. The average Bonchev–Trinajstić information content (AvgIpc) is 3.17. The van der Waals surface area contributed by atoms with Crippen molar-refractivity contribution in [2.24, 2.45) is 0 Å². The molecule has 1 unspecified atom stereocenters. The van der Waals surface area contributed by atoms with Gasteiger partial charge in [-0.25, -0.2) is 4.79 Å². The van der Waals surface area contributed by atoms with E-state index in [1.165, 1.54) is 0 Å². The molecule has 1 atom stereocenters. The van der Waals surface area contributed by atoms with Crippen molar-refractivity contribution in [3.63, 3.8) is 0 Å². The fraction of sp³-hybridized carbons (Fsp3) is 0.444. The monoisotopic (exact) mass is 399 g/mol. The zero-order valence-corrected chi connectivity index (χ0v) is 15.1. The molecule has 2 aromatic heterocycles. The molecule has 1 aliphatic heterocycles. The van der Waals surface area contributed by atoms with Gasteiger partial charge in [0.25, 0.3) is 5.91 Å². The van der Waals surface area contributed by atoms with Gasteiger partial charge in [0.05, 0.1) is 11.7 Å². The van der Waals surface area contributed by atoms with E-state index in [1.54, 1.807) is 12.3 Å². The molecule has 0 spiro atoms. The lowest BCUT2D eigenvalue weighted by Crippen LogP contribution is -2.38. The molecule has 3 rings (SSSR count). The second-order valence-electron chi connectivity index (χ2n) is 6.14. The summed E-state index contributed by atoms with van der Waals surface area (Å²) < 4.78 is 36.9. The minimum atomic E-state index is -5.08. The molecular formula is C18H20F3N3O4. The number of pyridine rings is 1. The summed E-state index contributed by atoms with van der Waals surface area (Å²) in [7, 11) is 0. The Labute approximate surface area is 159 Å². The first kappa shape index (κ1) is 21.4. The van der Waals surface area contributed by atoms with E-state index in [0.29, 0.717) is 5.76 Å². The number of piperidine rings is 1. The van der Waals surface area contributed by atoms with Gasteiger partial charge in [-0.1, -0.05) is 18.1 Å². The van der Waals surface area contributed by atoms with Crippen molar-refractivity contribution < 1.29 is 32.4 Å². The van der Waals surface area contributed by atoms with E-state index >= 15 is 0 Å². The van der Waals surface area contributed by atoms with E-state index in [1.807, 2.05) is 30.2 Å². The number of hydrogen-bond acceptors (Lipinski definition) is 5. The molecule has 1 saturated heterocycles. The van der Waals surface area contributed by atoms with Gasteiger partial charge in [0.2, 0.25) is 5.76 Å². The highest BCUT2D eigenvalue weighted by Crippen LogP contribution is 2.31. The number of carboxylic acids is 1. The number of nitrogens with zero attached hydrogens (tertiary/aromatic N) is 3. The molecule has 10 heteroatoms. The molecule has 0 aromatic carbocycles. The van der Waals surface area contributed by atoms with Crippen LogP contribution in [0.4, 0.5) is 13.2 Å². The SMILES string of the molecule is CCc1cc(C(=O)N2CCCCC2c2cccnc2)on1.O=C(O)C(F)(F)F. The maximum atomic E-state index is 12.7. The second-order valence-corrected chi connectivity index (χ2v) is 6.14. The number of aromatic nitrogens is 2. The third-order valence-electron chi connectivity index (χ3n) is 4.21. The molecule has 1 aliphatic rings. The topological polar surface area (TPSA) is 96.5 Å². The number of carboxylic acid groups (broad SMARTS) is 1. The number of carbonyl (C=O) groups excluding carboxylic acids is 1. The smallest absolute Gasteiger partial charge is 0.475 e. The number of amides is 1. The molecular weight excluding hydrogens is 379 g/mol. The Bertz CT molecular complexity index is 793. The van der Waals surface area contributed by atoms with Crippen molar-refractivity contribution in [1.29, 1.82) is 0 Å². The number of aliphatic carboxylic acids is 1. The maximum absolute atomic E-state index is 12.7. The molecule has 1 amide bonds. The van der Waals surface area contributed by atoms with Crippen LogP contribution in [0.15, 0.2) is 35.1 Å². The molecule has 0 radical (unpaired) electrons. The summed E-state index contributed by atoms with van der Waals surface area (Å²) in [5.74, 6) is -2.49. The summed E-state index contributed by atoms with van der Waals surface area (Å²) in [6.07, 6.45) is 2.39. The summed E-state index contributed by atoms with van der Waals surface area (Å²) in [6.45, 7) is 2.74. The van der Waals surface area contributed by atoms with Gasteiger partial charge in [0.15, 0.2) is 0 Å². The van der Waals surface area contributed by atoms with Crippen LogP contribution < -0.4 is 0 Å². The predicted molar refractivity (Wildman–Crippen MR) is 91.4 cm³/mol. The highest BCUT2D eigenvalue weighted by atomic mass is 19.4. The Balaban J connectivity index is 0.000000345. The quantitative estimate of drug-likeness (QED) is 0.847. The van der Waals surface area contributed by atoms with Crippen molar-refractivity contribution in [2.45, 2.75) is 44.8 Å². The summed E-state index contributed by atoms with van der Waals surface area (Å²) in [4.78, 5) is 27.6. The van der Waals surface area contributed by atoms with Gasteiger partial charge in [0.1, 0.15) is 0 Å². The molecule has 1 N–H and O–H groups in total. The zero-order chi connectivity index (χ0) is 20.7. The minimum Gasteiger partial charge on any atom is -0.475 e. The number of likely N-dealkylation sites (tertiary alicyclic amines) is 1. The Kier molecular flexibility index (Phi) is 7.13. The maximum Gasteiger partial charge on any atom is 0.490 e. The Morgan fingerprint density at radius 2 is 2.07 bits per heavy atom. The van der Waals surface area contributed by atoms with Crippen molar-refractivity contribution >= 4 is 11.9 Å². The van der Waals surface area contributed by atoms with E-state index in [2.05, 4.69) is 10.1 Å². The number of halogens is 3. The van der Waals surface area contributed by atoms with Crippen molar-refractivity contribution in [3.8, 4) is 0 Å². The lowest BCUT2D eigenvalue weighted by Gasteiger charge is -2.35. The summed E-state index contributed by atoms with van der Waals surface area (Å²) in [5.41, 5.74) is 1.90. The lowest BCUT2D eigenvalue weighted by molar-refractivity contribution is -0.192. The van der Waals surface area contributed by atoms with Crippen LogP contribution in [0.3, 0.4) is 0 Å². The molecule has 28 heavy (non-hydrogen) atoms. The fourth-order valence-corrected chi connectivity index (χ4v) is 2.82. The fourth-order valence-electron chi connectivity index (χ4n) is 2.82. The number of alkyl halides is 3. The van der Waals surface area contributed by atoms with Gasteiger partial charge in [-0.2, -0.15) is 13.2 Å². The summed E-state index contributed by atoms with van der Waals surface area (Å²) in [6, 6.07) is 5.77. The minimum absolute atomic E-state index is 0.0734. The van der Waals surface area contributed by atoms with Crippen molar-refractivity contribution in [1.82, 2.24) is 15.0 Å². The van der Waals surface area contributed by atoms with Gasteiger partial charge >= 0.3 is 12.1 Å². The van der Waals surface area contributed by atoms with E-state index < -0.39 is 12.1 Å². The van der Waals surface area contributed by atoms with Gasteiger partial charge in [-0.3, -0.25) is 9.78 Å². The Morgan fingerprint density at radius 3 is 2.61 bits per heavy atom. The highest BCUT2D eigenvalue weighted by molar-refractivity contribution is 5.91. The van der Waals surface area contributed by atoms with Crippen LogP contribution in [-0.4, -0.2) is 44.7 Å². The largest absolute Gasteiger partial charge is 0.490 e. The van der Waals surface area contributed by atoms with Gasteiger partial charge in [-0.15, -0.1) is 0 Å². The average molecular weight is 399 g/mol. The molecule has 1 fully saturated rings. The lowest BCUT2D eigenvalue weighted by atomic mass is 9.96. The third-order valence-corrected chi connectivity index (χ3v) is 4.21. The van der Waals surface area contributed by atoms with Crippen LogP contribution in [0.5, 0.6) is 0 Å². The van der Waals surface area contributed by atoms with Crippen LogP contribution in [0, 0.1) is 0 Å². The van der Waals surface area contributed by atoms with Crippen molar-refractivity contribution in [2.75, 3.05) is 6.54 Å². The molecule has 0 aliphatic carbocycles. The first-order chi connectivity index (χ1) is 13.2. The molecule has 152 valence electrons. The molecule has 7 nitrogen and oxygen atoms in total. The van der Waals surface area contributed by atoms with E-state index in [0.717, 1.165) is 43.5 Å². The summed E-state index contributed by atoms with van der Waals surface area (Å²) >= 11 is 0. The van der Waals surface area contributed by atoms with E-state index in [-0.39, 0.29) is 11.9 Å². The number of hydrogen-bond donors (Lipinski definition) is 1. The molecule has 0 saturated carbocycles. The third kappa shape index (κ3) is 5.54. The van der Waals surface area contributed by atoms with Gasteiger partial charge in [0, 0.05) is 25.0 Å². The highest BCUT2D eigenvalue weighted by Gasteiger charge is 2.38. The van der Waals surface area contributed by atoms with Gasteiger partial charge < -0.3 is 14.5 Å². The predicted octanol–water partition coefficient (Wildman–Crippen LogP) is 3.63. The Morgan fingerprint density at radius 1 is 1.36 bits per heavy atom. The second kappa shape index (κ2) is 9.34. The first-order valence-corrected chi connectivity index (χ1v) is 8.70. The normalized spacial score (nSPS) is 16.9. The zero-order valence-electron chi connectivity index (χ0n) is 15.1. The van der Waals surface area contributed by atoms with Crippen LogP contribution >= 0.6 is 0 Å². The van der Waals surface area contributed by atoms with Gasteiger partial charge in [-0.05, 0) is 37.3 Å². The van der Waals surface area contributed by atoms with Crippen LogP contribution in [0.1, 0.15) is 54.0 Å². The number of rotatable bonds is 3. The van der Waals surface area contributed by atoms with Crippen LogP contribution in [-0.2, 0) is 11.2 Å². The summed E-state index contributed by atoms with van der Waals surface area (Å²) in [5, 5.41) is 11.0. The number of carbonyl (C=O) groups is 2. The molecule has 2 aromatic rings. The number of aryl methyl sites for hydroxylation is 1. The van der Waals surface area contributed by atoms with E-state index in [9.17, 15) is 18.0 Å². The standard InChI is InChI=1S/C16H19N3O2.C2HF3O2/c1-2-13-10-15(21-18-13)16(20)19-9-4-3-7-14(19)12-6-5-8-17-11-12;3-2(4,5)1(6)7/h5-6,8,10-11,14H,2-4,7,9H2,1H3;(H,6,7). The molecule has 3 heterocycles. The van der Waals surface area contributed by atoms with Crippen molar-refractivity contribution in [3.05, 3.63) is 47.6 Å². The van der Waals surface area contributed by atoms with E-state index in [4.69, 9.17) is 14.4 Å². The van der Waals surface area contributed by atoms with Crippen LogP contribution in [0.25, 0.3) is 0 Å².